The van der Waals surface area contributed by atoms with Gasteiger partial charge in [0, 0.05) is 0 Å². The van der Waals surface area contributed by atoms with Crippen molar-refractivity contribution in [3.8, 4) is 0 Å². The topological polar surface area (TPSA) is 0 Å². The van der Waals surface area contributed by atoms with Crippen LogP contribution in [-0.2, 0) is 6.42 Å². The molecule has 1 fully saturated rings. The molecule has 0 aromatic heterocycles. The molecule has 0 heterocycles. The minimum Gasteiger partial charge on any atom is -0.0996 e. The second-order valence-electron chi connectivity index (χ2n) is 7.07. The molecule has 0 amide bonds. The van der Waals surface area contributed by atoms with E-state index in [1.165, 1.54) is 68.9 Å². The van der Waals surface area contributed by atoms with E-state index in [1.807, 2.05) is 6.07 Å². The number of rotatable bonds is 9. The summed E-state index contributed by atoms with van der Waals surface area (Å²) in [7, 11) is 5.92. The molecule has 0 aliphatic heterocycles. The fraction of sp³-hybridized carbons (Fsp3) is 0.619. The largest absolute Gasteiger partial charge is 0.113 e. The lowest BCUT2D eigenvalue weighted by Gasteiger charge is -2.21. The van der Waals surface area contributed by atoms with Crippen LogP contribution in [0.1, 0.15) is 70.3 Å². The van der Waals surface area contributed by atoms with Crippen LogP contribution in [0.25, 0.3) is 0 Å². The Morgan fingerprint density at radius 2 is 1.91 bits per heavy atom. The molecule has 1 heteroatoms. The summed E-state index contributed by atoms with van der Waals surface area (Å²) in [6, 6.07) is 8.39. The first-order valence-corrected chi connectivity index (χ1v) is 9.22. The maximum absolute atomic E-state index is 5.92. The van der Waals surface area contributed by atoms with Crippen LogP contribution < -0.4 is 5.46 Å². The molecule has 1 saturated carbocycles. The Kier molecular flexibility index (Phi) is 7.29. The Labute approximate surface area is 138 Å². The van der Waals surface area contributed by atoms with Gasteiger partial charge in [-0.3, -0.25) is 0 Å². The third-order valence-corrected chi connectivity index (χ3v) is 5.26. The Bertz CT molecular complexity index is 463. The average Bonchev–Trinajstić information content (AvgIpc) is 2.84. The van der Waals surface area contributed by atoms with Gasteiger partial charge in [0.05, 0.1) is 0 Å². The van der Waals surface area contributed by atoms with Crippen molar-refractivity contribution < 1.29 is 0 Å². The number of benzene rings is 1. The zero-order valence-corrected chi connectivity index (χ0v) is 14.3. The summed E-state index contributed by atoms with van der Waals surface area (Å²) in [5.74, 6) is 1.53. The van der Waals surface area contributed by atoms with Crippen LogP contribution in [0.15, 0.2) is 36.4 Å². The van der Waals surface area contributed by atoms with Crippen molar-refractivity contribution in [2.45, 2.75) is 71.1 Å². The molecule has 2 rings (SSSR count). The summed E-state index contributed by atoms with van der Waals surface area (Å²) in [5.41, 5.74) is 3.73. The van der Waals surface area contributed by atoms with Crippen molar-refractivity contribution in [1.82, 2.24) is 0 Å². The van der Waals surface area contributed by atoms with Crippen LogP contribution in [0.2, 0.25) is 0 Å². The van der Waals surface area contributed by atoms with Gasteiger partial charge in [-0.15, -0.1) is 0 Å². The molecule has 22 heavy (non-hydrogen) atoms. The molecular weight excluding hydrogens is 263 g/mol. The highest BCUT2D eigenvalue weighted by Crippen LogP contribution is 2.40. The minimum atomic E-state index is 0.678. The van der Waals surface area contributed by atoms with Crippen molar-refractivity contribution >= 4 is 13.3 Å². The van der Waals surface area contributed by atoms with Crippen LogP contribution in [0.3, 0.4) is 0 Å². The van der Waals surface area contributed by atoms with E-state index in [1.54, 1.807) is 0 Å². The van der Waals surface area contributed by atoms with Crippen LogP contribution >= 0.6 is 0 Å². The van der Waals surface area contributed by atoms with E-state index in [-0.39, 0.29) is 0 Å². The molecule has 0 saturated heterocycles. The highest BCUT2D eigenvalue weighted by Gasteiger charge is 2.29. The monoisotopic (exact) mass is 294 g/mol. The van der Waals surface area contributed by atoms with E-state index in [0.29, 0.717) is 5.92 Å². The standard InChI is InChI=1S/C21H31B/c1-3-4-5-6-7-8-11-19-14-13-17(2)21(19)16-18-10-9-12-20(22)15-18/h9-10,12,15,19,21H,2-8,11,13-14,16H2,1H3/t19?,21-/m0/s1. The van der Waals surface area contributed by atoms with Crippen LogP contribution in [-0.4, -0.2) is 7.85 Å². The van der Waals surface area contributed by atoms with Gasteiger partial charge in [-0.05, 0) is 43.1 Å². The summed E-state index contributed by atoms with van der Waals surface area (Å²) in [5, 5.41) is 0. The average molecular weight is 294 g/mol. The molecule has 1 aliphatic rings. The van der Waals surface area contributed by atoms with E-state index >= 15 is 0 Å². The van der Waals surface area contributed by atoms with Crippen molar-refractivity contribution in [2.75, 3.05) is 0 Å². The second-order valence-corrected chi connectivity index (χ2v) is 7.07. The highest BCUT2D eigenvalue weighted by molar-refractivity contribution is 6.32. The lowest BCUT2D eigenvalue weighted by molar-refractivity contribution is 0.373. The van der Waals surface area contributed by atoms with Crippen molar-refractivity contribution in [2.24, 2.45) is 11.8 Å². The molecule has 0 bridgehead atoms. The fourth-order valence-corrected chi connectivity index (χ4v) is 3.91. The normalized spacial score (nSPS) is 21.4. The summed E-state index contributed by atoms with van der Waals surface area (Å²) >= 11 is 0. The van der Waals surface area contributed by atoms with Crippen molar-refractivity contribution in [3.63, 3.8) is 0 Å². The molecule has 1 aromatic carbocycles. The maximum atomic E-state index is 5.92. The van der Waals surface area contributed by atoms with Gasteiger partial charge in [0.15, 0.2) is 0 Å². The minimum absolute atomic E-state index is 0.678. The van der Waals surface area contributed by atoms with Gasteiger partial charge in [-0.25, -0.2) is 0 Å². The zero-order valence-electron chi connectivity index (χ0n) is 14.3. The molecular formula is C21H31B. The first kappa shape index (κ1) is 17.4. The molecule has 1 aliphatic carbocycles. The van der Waals surface area contributed by atoms with E-state index < -0.39 is 0 Å². The molecule has 1 unspecified atom stereocenters. The van der Waals surface area contributed by atoms with Crippen LogP contribution in [0.4, 0.5) is 0 Å². The van der Waals surface area contributed by atoms with Crippen molar-refractivity contribution in [1.29, 1.82) is 0 Å². The van der Waals surface area contributed by atoms with Gasteiger partial charge in [-0.1, -0.05) is 87.3 Å². The summed E-state index contributed by atoms with van der Waals surface area (Å²) < 4.78 is 0. The van der Waals surface area contributed by atoms with Gasteiger partial charge >= 0.3 is 0 Å². The predicted octanol–water partition coefficient (Wildman–Crippen LogP) is 5.36. The number of allylic oxidation sites excluding steroid dienone is 1. The van der Waals surface area contributed by atoms with Crippen LogP contribution in [0.5, 0.6) is 0 Å². The lowest BCUT2D eigenvalue weighted by Crippen LogP contribution is -2.14. The summed E-state index contributed by atoms with van der Waals surface area (Å²) in [6.07, 6.45) is 13.5. The third-order valence-electron chi connectivity index (χ3n) is 5.26. The molecule has 118 valence electrons. The third kappa shape index (κ3) is 5.34. The molecule has 0 nitrogen and oxygen atoms in total. The number of hydrogen-bond donors (Lipinski definition) is 0. The summed E-state index contributed by atoms with van der Waals surface area (Å²) in [4.78, 5) is 0. The van der Waals surface area contributed by atoms with E-state index in [9.17, 15) is 0 Å². The van der Waals surface area contributed by atoms with Gasteiger partial charge in [0.25, 0.3) is 0 Å². The Balaban J connectivity index is 1.79. The molecule has 2 atom stereocenters. The van der Waals surface area contributed by atoms with Gasteiger partial charge in [0.1, 0.15) is 7.85 Å². The quantitative estimate of drug-likeness (QED) is 0.327. The molecule has 0 spiro atoms. The molecule has 1 aromatic rings. The Morgan fingerprint density at radius 1 is 1.14 bits per heavy atom. The van der Waals surface area contributed by atoms with Gasteiger partial charge in [-0.2, -0.15) is 0 Å². The van der Waals surface area contributed by atoms with E-state index in [4.69, 9.17) is 7.85 Å². The Morgan fingerprint density at radius 3 is 2.68 bits per heavy atom. The maximum Gasteiger partial charge on any atom is 0.113 e. The predicted molar refractivity (Wildman–Crippen MR) is 98.9 cm³/mol. The number of hydrogen-bond acceptors (Lipinski definition) is 0. The molecule has 0 N–H and O–H groups in total. The number of unbranched alkanes of at least 4 members (excludes halogenated alkanes) is 5. The molecule has 2 radical (unpaired) electrons. The van der Waals surface area contributed by atoms with Crippen molar-refractivity contribution in [3.05, 3.63) is 42.0 Å². The lowest BCUT2D eigenvalue weighted by atomic mass is 9.83. The smallest absolute Gasteiger partial charge is 0.0996 e. The van der Waals surface area contributed by atoms with Gasteiger partial charge in [0.2, 0.25) is 0 Å². The first-order chi connectivity index (χ1) is 10.7. The van der Waals surface area contributed by atoms with E-state index in [0.717, 1.165) is 17.8 Å². The zero-order chi connectivity index (χ0) is 15.8. The summed E-state index contributed by atoms with van der Waals surface area (Å²) in [6.45, 7) is 6.62. The van der Waals surface area contributed by atoms with E-state index in [2.05, 4.69) is 31.7 Å². The fourth-order valence-electron chi connectivity index (χ4n) is 3.91. The van der Waals surface area contributed by atoms with Crippen LogP contribution in [0, 0.1) is 11.8 Å². The van der Waals surface area contributed by atoms with Gasteiger partial charge < -0.3 is 0 Å². The SMILES string of the molecule is [B]c1cccc(C[C@H]2C(=C)CCC2CCCCCCCC)c1. The highest BCUT2D eigenvalue weighted by atomic mass is 14.3. The Hall–Kier alpha value is -0.975. The second kappa shape index (κ2) is 9.23. The first-order valence-electron chi connectivity index (χ1n) is 9.22.